The Balaban J connectivity index is 2.24. The summed E-state index contributed by atoms with van der Waals surface area (Å²) in [7, 11) is 0. The molecule has 0 saturated carbocycles. The molecule has 0 aliphatic carbocycles. The Bertz CT molecular complexity index is 413. The van der Waals surface area contributed by atoms with E-state index in [-0.39, 0.29) is 18.9 Å². The van der Waals surface area contributed by atoms with E-state index in [1.165, 1.54) is 17.2 Å². The van der Waals surface area contributed by atoms with E-state index in [4.69, 9.17) is 0 Å². The highest BCUT2D eigenvalue weighted by atomic mass is 19.4. The molecule has 0 aromatic carbocycles. The Morgan fingerprint density at radius 2 is 2.12 bits per heavy atom. The van der Waals surface area contributed by atoms with Crippen molar-refractivity contribution in [3.05, 3.63) is 23.9 Å². The van der Waals surface area contributed by atoms with Gasteiger partial charge in [0.2, 0.25) is 0 Å². The van der Waals surface area contributed by atoms with Crippen LogP contribution in [-0.4, -0.2) is 28.8 Å². The van der Waals surface area contributed by atoms with Gasteiger partial charge in [0, 0.05) is 19.3 Å². The number of nitrogens with zero attached hydrogens (tertiary/aromatic N) is 2. The molecular formula is C11H13F3N2O. The average molecular weight is 246 g/mol. The summed E-state index contributed by atoms with van der Waals surface area (Å²) in [5.41, 5.74) is -1.63. The van der Waals surface area contributed by atoms with Crippen molar-refractivity contribution in [1.82, 2.24) is 4.98 Å². The van der Waals surface area contributed by atoms with Crippen molar-refractivity contribution in [1.29, 1.82) is 0 Å². The van der Waals surface area contributed by atoms with Gasteiger partial charge in [0.15, 0.2) is 0 Å². The normalized spacial score (nSPS) is 19.0. The van der Waals surface area contributed by atoms with E-state index in [0.717, 1.165) is 6.07 Å². The first-order valence-electron chi connectivity index (χ1n) is 5.35. The molecule has 2 rings (SSSR count). The summed E-state index contributed by atoms with van der Waals surface area (Å²) in [6, 6.07) is 2.27. The molecule has 1 fully saturated rings. The third-order valence-electron chi connectivity index (χ3n) is 3.02. The third-order valence-corrected chi connectivity index (χ3v) is 3.02. The second-order valence-corrected chi connectivity index (χ2v) is 4.31. The van der Waals surface area contributed by atoms with Gasteiger partial charge in [0.1, 0.15) is 5.82 Å². The molecule has 3 nitrogen and oxygen atoms in total. The lowest BCUT2D eigenvalue weighted by atomic mass is 9.91. The fourth-order valence-electron chi connectivity index (χ4n) is 1.91. The van der Waals surface area contributed by atoms with Crippen LogP contribution in [0.4, 0.5) is 19.0 Å². The van der Waals surface area contributed by atoms with E-state index in [1.807, 2.05) is 0 Å². The summed E-state index contributed by atoms with van der Waals surface area (Å²) >= 11 is 0. The van der Waals surface area contributed by atoms with Gasteiger partial charge in [-0.25, -0.2) is 4.98 Å². The minimum Gasteiger partial charge on any atom is -0.386 e. The number of hydrogen-bond acceptors (Lipinski definition) is 3. The maximum atomic E-state index is 12.7. The number of aromatic nitrogens is 1. The van der Waals surface area contributed by atoms with Crippen molar-refractivity contribution in [2.24, 2.45) is 0 Å². The number of anilines is 1. The first kappa shape index (κ1) is 12.2. The number of aliphatic hydroxyl groups is 1. The van der Waals surface area contributed by atoms with Crippen LogP contribution < -0.4 is 4.90 Å². The number of halogens is 3. The minimum absolute atomic E-state index is 0.0990. The lowest BCUT2D eigenvalue weighted by Gasteiger charge is -2.47. The molecule has 0 radical (unpaired) electrons. The van der Waals surface area contributed by atoms with Crippen molar-refractivity contribution < 1.29 is 18.3 Å². The number of pyridine rings is 1. The maximum Gasteiger partial charge on any atom is 0.419 e. The van der Waals surface area contributed by atoms with Crippen LogP contribution in [0.5, 0.6) is 0 Å². The molecule has 2 heterocycles. The van der Waals surface area contributed by atoms with Crippen LogP contribution in [-0.2, 0) is 6.18 Å². The Hall–Kier alpha value is -1.30. The van der Waals surface area contributed by atoms with E-state index in [9.17, 15) is 18.3 Å². The fourth-order valence-corrected chi connectivity index (χ4v) is 1.91. The second kappa shape index (κ2) is 3.87. The van der Waals surface area contributed by atoms with Gasteiger partial charge in [0.05, 0.1) is 11.2 Å². The molecule has 94 valence electrons. The zero-order valence-corrected chi connectivity index (χ0v) is 9.33. The Morgan fingerprint density at radius 1 is 1.47 bits per heavy atom. The SMILES string of the molecule is CCC1(O)CN(c2ncccc2C(F)(F)F)C1. The van der Waals surface area contributed by atoms with Crippen LogP contribution in [0, 0.1) is 0 Å². The molecule has 1 aliphatic rings. The molecule has 0 atom stereocenters. The highest BCUT2D eigenvalue weighted by Gasteiger charge is 2.44. The van der Waals surface area contributed by atoms with Gasteiger partial charge >= 0.3 is 6.18 Å². The lowest BCUT2D eigenvalue weighted by molar-refractivity contribution is -0.137. The molecule has 1 aromatic heterocycles. The first-order chi connectivity index (χ1) is 7.86. The van der Waals surface area contributed by atoms with E-state index >= 15 is 0 Å². The average Bonchev–Trinajstić information content (AvgIpc) is 2.23. The molecule has 6 heteroatoms. The zero-order valence-electron chi connectivity index (χ0n) is 9.33. The van der Waals surface area contributed by atoms with E-state index in [1.54, 1.807) is 6.92 Å². The van der Waals surface area contributed by atoms with Gasteiger partial charge in [-0.2, -0.15) is 13.2 Å². The first-order valence-corrected chi connectivity index (χ1v) is 5.35. The Morgan fingerprint density at radius 3 is 2.65 bits per heavy atom. The summed E-state index contributed by atoms with van der Waals surface area (Å²) in [4.78, 5) is 5.21. The minimum atomic E-state index is -4.41. The predicted octanol–water partition coefficient (Wildman–Crippen LogP) is 2.06. The van der Waals surface area contributed by atoms with Gasteiger partial charge in [-0.3, -0.25) is 0 Å². The van der Waals surface area contributed by atoms with Crippen molar-refractivity contribution in [3.63, 3.8) is 0 Å². The second-order valence-electron chi connectivity index (χ2n) is 4.31. The van der Waals surface area contributed by atoms with Crippen LogP contribution in [0.2, 0.25) is 0 Å². The molecule has 0 bridgehead atoms. The highest BCUT2D eigenvalue weighted by molar-refractivity contribution is 5.51. The summed E-state index contributed by atoms with van der Waals surface area (Å²) in [5, 5.41) is 9.79. The van der Waals surface area contributed by atoms with E-state index in [2.05, 4.69) is 4.98 Å². The van der Waals surface area contributed by atoms with E-state index in [0.29, 0.717) is 6.42 Å². The largest absolute Gasteiger partial charge is 0.419 e. The quantitative estimate of drug-likeness (QED) is 0.867. The highest BCUT2D eigenvalue weighted by Crippen LogP contribution is 2.38. The Kier molecular flexibility index (Phi) is 2.77. The summed E-state index contributed by atoms with van der Waals surface area (Å²) in [5.74, 6) is -0.0990. The van der Waals surface area contributed by atoms with Crippen molar-refractivity contribution in [3.8, 4) is 0 Å². The molecule has 1 aliphatic heterocycles. The van der Waals surface area contributed by atoms with Crippen LogP contribution >= 0.6 is 0 Å². The fraction of sp³-hybridized carbons (Fsp3) is 0.545. The topological polar surface area (TPSA) is 36.4 Å². The smallest absolute Gasteiger partial charge is 0.386 e. The molecule has 1 saturated heterocycles. The third kappa shape index (κ3) is 2.22. The number of β-amino-alcohol motifs (C(OH)–C–C–N with tert-alkyl or cyclic N) is 1. The van der Waals surface area contributed by atoms with Gasteiger partial charge < -0.3 is 10.0 Å². The lowest BCUT2D eigenvalue weighted by Crippen LogP contribution is -2.62. The molecule has 17 heavy (non-hydrogen) atoms. The maximum absolute atomic E-state index is 12.7. The summed E-state index contributed by atoms with van der Waals surface area (Å²) in [6.07, 6.45) is -2.56. The molecule has 0 spiro atoms. The van der Waals surface area contributed by atoms with Crippen LogP contribution in [0.1, 0.15) is 18.9 Å². The number of rotatable bonds is 2. The van der Waals surface area contributed by atoms with Gasteiger partial charge in [-0.05, 0) is 18.6 Å². The van der Waals surface area contributed by atoms with Crippen LogP contribution in [0.25, 0.3) is 0 Å². The van der Waals surface area contributed by atoms with Gasteiger partial charge in [0.25, 0.3) is 0 Å². The van der Waals surface area contributed by atoms with Crippen molar-refractivity contribution >= 4 is 5.82 Å². The molecule has 0 amide bonds. The monoisotopic (exact) mass is 246 g/mol. The van der Waals surface area contributed by atoms with Gasteiger partial charge in [-0.15, -0.1) is 0 Å². The standard InChI is InChI=1S/C11H13F3N2O/c1-2-10(17)6-16(7-10)9-8(11(12,13)14)4-3-5-15-9/h3-5,17H,2,6-7H2,1H3. The number of alkyl halides is 3. The molecule has 1 N–H and O–H groups in total. The van der Waals surface area contributed by atoms with Crippen molar-refractivity contribution in [2.45, 2.75) is 25.1 Å². The predicted molar refractivity (Wildman–Crippen MR) is 56.7 cm³/mol. The summed E-state index contributed by atoms with van der Waals surface area (Å²) in [6.45, 7) is 2.20. The summed E-state index contributed by atoms with van der Waals surface area (Å²) < 4.78 is 38.1. The zero-order chi connectivity index (χ0) is 12.7. The van der Waals surface area contributed by atoms with Crippen LogP contribution in [0.3, 0.4) is 0 Å². The molecular weight excluding hydrogens is 233 g/mol. The Labute approximate surface area is 96.9 Å². The van der Waals surface area contributed by atoms with Crippen LogP contribution in [0.15, 0.2) is 18.3 Å². The van der Waals surface area contributed by atoms with Crippen molar-refractivity contribution in [2.75, 3.05) is 18.0 Å². The molecule has 0 unspecified atom stereocenters. The van der Waals surface area contributed by atoms with E-state index < -0.39 is 17.3 Å². The molecule has 1 aromatic rings. The number of hydrogen-bond donors (Lipinski definition) is 1. The van der Waals surface area contributed by atoms with Gasteiger partial charge in [-0.1, -0.05) is 6.92 Å².